The molecule has 4 heteroatoms. The molecule has 0 aliphatic carbocycles. The van der Waals surface area contributed by atoms with E-state index in [0.29, 0.717) is 23.3 Å². The van der Waals surface area contributed by atoms with Crippen molar-refractivity contribution >= 4 is 23.2 Å². The van der Waals surface area contributed by atoms with Gasteiger partial charge in [0.1, 0.15) is 0 Å². The van der Waals surface area contributed by atoms with Crippen molar-refractivity contribution < 1.29 is 4.74 Å². The van der Waals surface area contributed by atoms with Crippen LogP contribution in [0.25, 0.3) is 0 Å². The second-order valence-corrected chi connectivity index (χ2v) is 5.17. The van der Waals surface area contributed by atoms with Crippen molar-refractivity contribution in [2.75, 3.05) is 19.8 Å². The third kappa shape index (κ3) is 5.40. The van der Waals surface area contributed by atoms with Gasteiger partial charge in [0.25, 0.3) is 0 Å². The Morgan fingerprint density at radius 2 is 2.11 bits per heavy atom. The Hall–Kier alpha value is -0.540. The van der Waals surface area contributed by atoms with Crippen molar-refractivity contribution in [1.29, 1.82) is 0 Å². The van der Waals surface area contributed by atoms with E-state index in [0.717, 1.165) is 17.7 Å². The molecule has 18 heavy (non-hydrogen) atoms. The van der Waals surface area contributed by atoms with E-state index >= 15 is 0 Å². The van der Waals surface area contributed by atoms with Crippen molar-refractivity contribution in [1.82, 2.24) is 5.32 Å². The van der Waals surface area contributed by atoms with Gasteiger partial charge in [-0.1, -0.05) is 41.4 Å². The highest BCUT2D eigenvalue weighted by Gasteiger charge is 2.06. The predicted molar refractivity (Wildman–Crippen MR) is 78.5 cm³/mol. The smallest absolute Gasteiger partial charge is 0.0672 e. The Labute approximate surface area is 119 Å². The maximum Gasteiger partial charge on any atom is 0.0672 e. The topological polar surface area (TPSA) is 21.3 Å². The number of hydrogen-bond donors (Lipinski definition) is 1. The van der Waals surface area contributed by atoms with Crippen molar-refractivity contribution in [3.8, 4) is 0 Å². The average Bonchev–Trinajstić information content (AvgIpc) is 2.31. The average molecular weight is 288 g/mol. The molecule has 1 atom stereocenters. The molecule has 1 aromatic carbocycles. The van der Waals surface area contributed by atoms with Gasteiger partial charge in [0.05, 0.1) is 23.3 Å². The van der Waals surface area contributed by atoms with Crippen LogP contribution in [-0.4, -0.2) is 19.8 Å². The highest BCUT2D eigenvalue weighted by molar-refractivity contribution is 6.42. The highest BCUT2D eigenvalue weighted by Crippen LogP contribution is 2.25. The maximum atomic E-state index is 5.98. The van der Waals surface area contributed by atoms with Crippen LogP contribution in [-0.2, 0) is 4.74 Å². The van der Waals surface area contributed by atoms with Gasteiger partial charge in [-0.05, 0) is 31.5 Å². The van der Waals surface area contributed by atoms with Crippen LogP contribution in [0.5, 0.6) is 0 Å². The highest BCUT2D eigenvalue weighted by atomic mass is 35.5. The molecular weight excluding hydrogens is 269 g/mol. The monoisotopic (exact) mass is 287 g/mol. The number of benzene rings is 1. The van der Waals surface area contributed by atoms with Gasteiger partial charge in [0, 0.05) is 12.6 Å². The summed E-state index contributed by atoms with van der Waals surface area (Å²) in [5, 5.41) is 4.53. The van der Waals surface area contributed by atoms with Crippen LogP contribution in [0.3, 0.4) is 0 Å². The van der Waals surface area contributed by atoms with Gasteiger partial charge in [0.2, 0.25) is 0 Å². The van der Waals surface area contributed by atoms with Crippen molar-refractivity contribution in [3.63, 3.8) is 0 Å². The van der Waals surface area contributed by atoms with Gasteiger partial charge in [-0.25, -0.2) is 0 Å². The van der Waals surface area contributed by atoms with Crippen LogP contribution in [0.15, 0.2) is 30.4 Å². The Kier molecular flexibility index (Phi) is 6.72. The third-order valence-corrected chi connectivity index (χ3v) is 3.23. The van der Waals surface area contributed by atoms with Gasteiger partial charge < -0.3 is 10.1 Å². The summed E-state index contributed by atoms with van der Waals surface area (Å²) < 4.78 is 5.41. The largest absolute Gasteiger partial charge is 0.376 e. The molecule has 0 heterocycles. The summed E-state index contributed by atoms with van der Waals surface area (Å²) in [6.07, 6.45) is 0. The summed E-state index contributed by atoms with van der Waals surface area (Å²) >= 11 is 11.9. The van der Waals surface area contributed by atoms with Crippen molar-refractivity contribution in [2.45, 2.75) is 19.9 Å². The van der Waals surface area contributed by atoms with Crippen LogP contribution >= 0.6 is 23.2 Å². The fourth-order valence-electron chi connectivity index (χ4n) is 1.49. The normalized spacial score (nSPS) is 12.4. The van der Waals surface area contributed by atoms with E-state index in [4.69, 9.17) is 27.9 Å². The first kappa shape index (κ1) is 15.5. The number of hydrogen-bond acceptors (Lipinski definition) is 2. The summed E-state index contributed by atoms with van der Waals surface area (Å²) in [6, 6.07) is 5.89. The minimum atomic E-state index is 0.216. The first-order valence-electron chi connectivity index (χ1n) is 5.91. The number of halogens is 2. The van der Waals surface area contributed by atoms with Crippen LogP contribution in [0, 0.1) is 0 Å². The van der Waals surface area contributed by atoms with E-state index < -0.39 is 0 Å². The van der Waals surface area contributed by atoms with E-state index in [1.54, 1.807) is 0 Å². The fourth-order valence-corrected chi connectivity index (χ4v) is 1.80. The maximum absolute atomic E-state index is 5.98. The lowest BCUT2D eigenvalue weighted by Gasteiger charge is -2.15. The summed E-state index contributed by atoms with van der Waals surface area (Å²) in [4.78, 5) is 0. The molecule has 0 aliphatic heterocycles. The molecule has 0 saturated carbocycles. The fraction of sp³-hybridized carbons (Fsp3) is 0.429. The minimum Gasteiger partial charge on any atom is -0.376 e. The molecule has 0 spiro atoms. The van der Waals surface area contributed by atoms with Crippen LogP contribution in [0.2, 0.25) is 10.0 Å². The molecule has 0 bridgehead atoms. The second-order valence-electron chi connectivity index (χ2n) is 4.36. The molecule has 0 amide bonds. The first-order chi connectivity index (χ1) is 8.50. The predicted octanol–water partition coefficient (Wildman–Crippen LogP) is 4.24. The van der Waals surface area contributed by atoms with Crippen LogP contribution in [0.4, 0.5) is 0 Å². The van der Waals surface area contributed by atoms with Crippen molar-refractivity contribution in [3.05, 3.63) is 46.0 Å². The molecule has 0 aromatic heterocycles. The van der Waals surface area contributed by atoms with Gasteiger partial charge in [-0.15, -0.1) is 0 Å². The Morgan fingerprint density at radius 1 is 1.39 bits per heavy atom. The molecule has 1 rings (SSSR count). The molecule has 100 valence electrons. The summed E-state index contributed by atoms with van der Waals surface area (Å²) in [6.45, 7) is 9.88. The molecule has 0 fully saturated rings. The molecule has 0 saturated heterocycles. The zero-order valence-corrected chi connectivity index (χ0v) is 12.3. The van der Waals surface area contributed by atoms with E-state index in [2.05, 4.69) is 18.8 Å². The molecule has 1 unspecified atom stereocenters. The van der Waals surface area contributed by atoms with E-state index in [-0.39, 0.29) is 6.04 Å². The second kappa shape index (κ2) is 7.80. The van der Waals surface area contributed by atoms with Gasteiger partial charge >= 0.3 is 0 Å². The number of rotatable bonds is 7. The summed E-state index contributed by atoms with van der Waals surface area (Å²) in [5.41, 5.74) is 2.15. The molecule has 2 nitrogen and oxygen atoms in total. The standard InChI is InChI=1S/C14H19Cl2NO/c1-10(2)9-18-7-6-17-11(3)12-4-5-13(15)14(16)8-12/h4-5,8,11,17H,1,6-7,9H2,2-3H3. The van der Waals surface area contributed by atoms with Gasteiger partial charge in [-0.2, -0.15) is 0 Å². The quantitative estimate of drug-likeness (QED) is 0.598. The lowest BCUT2D eigenvalue weighted by Crippen LogP contribution is -2.23. The summed E-state index contributed by atoms with van der Waals surface area (Å²) in [5.74, 6) is 0. The van der Waals surface area contributed by atoms with Crippen LogP contribution in [0.1, 0.15) is 25.5 Å². The van der Waals surface area contributed by atoms with E-state index in [9.17, 15) is 0 Å². The minimum absolute atomic E-state index is 0.216. The molecule has 0 radical (unpaired) electrons. The molecule has 1 aromatic rings. The lowest BCUT2D eigenvalue weighted by molar-refractivity contribution is 0.156. The molecule has 1 N–H and O–H groups in total. The zero-order valence-electron chi connectivity index (χ0n) is 10.8. The SMILES string of the molecule is C=C(C)COCCNC(C)c1ccc(Cl)c(Cl)c1. The first-order valence-corrected chi connectivity index (χ1v) is 6.66. The zero-order chi connectivity index (χ0) is 13.5. The number of ether oxygens (including phenoxy) is 1. The molecular formula is C14H19Cl2NO. The van der Waals surface area contributed by atoms with Crippen LogP contribution < -0.4 is 5.32 Å². The Bertz CT molecular complexity index is 407. The molecule has 0 aliphatic rings. The Balaban J connectivity index is 2.34. The summed E-state index contributed by atoms with van der Waals surface area (Å²) in [7, 11) is 0. The lowest BCUT2D eigenvalue weighted by atomic mass is 10.1. The van der Waals surface area contributed by atoms with Crippen molar-refractivity contribution in [2.24, 2.45) is 0 Å². The van der Waals surface area contributed by atoms with E-state index in [1.807, 2.05) is 25.1 Å². The van der Waals surface area contributed by atoms with E-state index in [1.165, 1.54) is 0 Å². The van der Waals surface area contributed by atoms with Gasteiger partial charge in [-0.3, -0.25) is 0 Å². The third-order valence-electron chi connectivity index (χ3n) is 2.49. The van der Waals surface area contributed by atoms with Gasteiger partial charge in [0.15, 0.2) is 0 Å². The Morgan fingerprint density at radius 3 is 2.72 bits per heavy atom. The number of nitrogens with one attached hydrogen (secondary N) is 1.